The Hall–Kier alpha value is -2.68. The fraction of sp³-hybridized carbons (Fsp3) is 0.235. The lowest BCUT2D eigenvalue weighted by molar-refractivity contribution is -0.141. The van der Waals surface area contributed by atoms with Gasteiger partial charge in [0.1, 0.15) is 17.7 Å². The zero-order valence-corrected chi connectivity index (χ0v) is 14.3. The molecule has 0 N–H and O–H groups in total. The van der Waals surface area contributed by atoms with Gasteiger partial charge in [-0.3, -0.25) is 0 Å². The summed E-state index contributed by atoms with van der Waals surface area (Å²) in [4.78, 5) is 21.7. The van der Waals surface area contributed by atoms with Crippen molar-refractivity contribution in [3.8, 4) is 5.69 Å². The number of fused-ring (bicyclic) bond motifs is 1. The van der Waals surface area contributed by atoms with Gasteiger partial charge < -0.3 is 4.90 Å². The normalized spacial score (nSPS) is 15.2. The van der Waals surface area contributed by atoms with Crippen LogP contribution in [-0.2, 0) is 6.18 Å². The molecular formula is C17H11ClF4N4O. The van der Waals surface area contributed by atoms with Gasteiger partial charge in [-0.05, 0) is 24.3 Å². The van der Waals surface area contributed by atoms with E-state index in [-0.39, 0.29) is 40.7 Å². The minimum Gasteiger partial charge on any atom is -0.350 e. The predicted molar refractivity (Wildman–Crippen MR) is 92.3 cm³/mol. The predicted octanol–water partition coefficient (Wildman–Crippen LogP) is 3.61. The summed E-state index contributed by atoms with van der Waals surface area (Å²) in [6.45, 7) is 0.0251. The number of nitrogens with zero attached hydrogens (tertiary/aromatic N) is 4. The average molecular weight is 399 g/mol. The summed E-state index contributed by atoms with van der Waals surface area (Å²) >= 11 is 6.12. The topological polar surface area (TPSA) is 51.0 Å². The van der Waals surface area contributed by atoms with Gasteiger partial charge in [0.15, 0.2) is 5.65 Å². The smallest absolute Gasteiger partial charge is 0.350 e. The van der Waals surface area contributed by atoms with Crippen LogP contribution in [0.4, 0.5) is 23.4 Å². The molecule has 3 aromatic rings. The van der Waals surface area contributed by atoms with E-state index in [1.807, 2.05) is 0 Å². The summed E-state index contributed by atoms with van der Waals surface area (Å²) in [5, 5.41) is 0.358. The lowest BCUT2D eigenvalue weighted by Gasteiger charge is -2.35. The Balaban J connectivity index is 2.05. The highest BCUT2D eigenvalue weighted by atomic mass is 35.5. The lowest BCUT2D eigenvalue weighted by atomic mass is 10.1. The molecule has 0 spiro atoms. The molecular weight excluding hydrogens is 388 g/mol. The third-order valence-corrected chi connectivity index (χ3v) is 4.56. The molecule has 27 heavy (non-hydrogen) atoms. The van der Waals surface area contributed by atoms with Crippen LogP contribution in [-0.4, -0.2) is 33.8 Å². The third kappa shape index (κ3) is 3.01. The molecule has 10 heteroatoms. The van der Waals surface area contributed by atoms with E-state index >= 15 is 0 Å². The van der Waals surface area contributed by atoms with Crippen LogP contribution < -0.4 is 10.6 Å². The summed E-state index contributed by atoms with van der Waals surface area (Å²) < 4.78 is 53.7. The van der Waals surface area contributed by atoms with E-state index in [4.69, 9.17) is 11.6 Å². The Morgan fingerprint density at radius 3 is 2.41 bits per heavy atom. The van der Waals surface area contributed by atoms with E-state index in [1.165, 1.54) is 23.1 Å². The first-order chi connectivity index (χ1) is 12.8. The van der Waals surface area contributed by atoms with Crippen LogP contribution >= 0.6 is 11.6 Å². The Bertz CT molecular complexity index is 1090. The third-order valence-electron chi connectivity index (χ3n) is 4.24. The van der Waals surface area contributed by atoms with Gasteiger partial charge in [-0.25, -0.2) is 18.7 Å². The highest BCUT2D eigenvalue weighted by Crippen LogP contribution is 2.33. The van der Waals surface area contributed by atoms with Crippen molar-refractivity contribution in [1.82, 2.24) is 14.5 Å². The summed E-state index contributed by atoms with van der Waals surface area (Å²) in [5.41, 5.74) is -2.08. The zero-order valence-electron chi connectivity index (χ0n) is 13.5. The first-order valence-corrected chi connectivity index (χ1v) is 8.28. The minimum absolute atomic E-state index is 0.0126. The second kappa shape index (κ2) is 6.19. The maximum atomic E-state index is 13.2. The molecule has 0 unspecified atom stereocenters. The standard InChI is InChI=1S/C17H11ClF4N4O/c18-11-3-1-2-4-12(11)26-15-10(5-6-13(23-15)17(20,21)22)14(24-16(26)27)25-7-9(19)8-25/h1-6,9H,7-8H2. The second-order valence-corrected chi connectivity index (χ2v) is 6.48. The highest BCUT2D eigenvalue weighted by molar-refractivity contribution is 6.32. The first kappa shape index (κ1) is 17.7. The van der Waals surface area contributed by atoms with Crippen molar-refractivity contribution in [1.29, 1.82) is 0 Å². The Labute approximate surface area is 154 Å². The highest BCUT2D eigenvalue weighted by Gasteiger charge is 2.35. The van der Waals surface area contributed by atoms with Gasteiger partial charge in [0.25, 0.3) is 0 Å². The van der Waals surface area contributed by atoms with Gasteiger partial charge >= 0.3 is 11.9 Å². The van der Waals surface area contributed by atoms with Crippen LogP contribution in [0.2, 0.25) is 5.02 Å². The summed E-state index contributed by atoms with van der Waals surface area (Å²) in [5.74, 6) is 0.105. The van der Waals surface area contributed by atoms with Crippen LogP contribution in [0.5, 0.6) is 0 Å². The molecule has 1 fully saturated rings. The number of rotatable bonds is 2. The van der Waals surface area contributed by atoms with Crippen molar-refractivity contribution in [2.45, 2.75) is 12.3 Å². The molecule has 0 saturated carbocycles. The molecule has 1 saturated heterocycles. The van der Waals surface area contributed by atoms with Crippen LogP contribution in [0.3, 0.4) is 0 Å². The molecule has 0 atom stereocenters. The van der Waals surface area contributed by atoms with Crippen LogP contribution in [0.25, 0.3) is 16.7 Å². The summed E-state index contributed by atoms with van der Waals surface area (Å²) in [6.07, 6.45) is -5.77. The van der Waals surface area contributed by atoms with E-state index in [9.17, 15) is 22.4 Å². The average Bonchev–Trinajstić information content (AvgIpc) is 2.58. The van der Waals surface area contributed by atoms with Crippen molar-refractivity contribution in [2.75, 3.05) is 18.0 Å². The minimum atomic E-state index is -4.69. The molecule has 1 aromatic carbocycles. The molecule has 0 radical (unpaired) electrons. The fourth-order valence-corrected chi connectivity index (χ4v) is 3.15. The monoisotopic (exact) mass is 398 g/mol. The van der Waals surface area contributed by atoms with Crippen molar-refractivity contribution in [3.63, 3.8) is 0 Å². The zero-order chi connectivity index (χ0) is 19.3. The van der Waals surface area contributed by atoms with E-state index in [1.54, 1.807) is 12.1 Å². The van der Waals surface area contributed by atoms with Crippen molar-refractivity contribution >= 4 is 28.5 Å². The molecule has 4 rings (SSSR count). The maximum absolute atomic E-state index is 13.2. The number of para-hydroxylation sites is 1. The SMILES string of the molecule is O=c1nc(N2CC(F)C2)c2ccc(C(F)(F)F)nc2n1-c1ccccc1Cl. The number of benzene rings is 1. The van der Waals surface area contributed by atoms with Crippen LogP contribution in [0.15, 0.2) is 41.2 Å². The number of aromatic nitrogens is 3. The number of halogens is 5. The largest absolute Gasteiger partial charge is 0.433 e. The molecule has 1 aliphatic heterocycles. The van der Waals surface area contributed by atoms with Gasteiger partial charge in [-0.1, -0.05) is 23.7 Å². The van der Waals surface area contributed by atoms with Gasteiger partial charge in [0.05, 0.1) is 29.2 Å². The maximum Gasteiger partial charge on any atom is 0.433 e. The molecule has 0 aliphatic carbocycles. The van der Waals surface area contributed by atoms with Gasteiger partial charge in [0, 0.05) is 0 Å². The van der Waals surface area contributed by atoms with Gasteiger partial charge in [-0.2, -0.15) is 18.2 Å². The summed E-state index contributed by atoms with van der Waals surface area (Å²) in [7, 11) is 0. The van der Waals surface area contributed by atoms with E-state index in [0.717, 1.165) is 10.6 Å². The number of pyridine rings is 1. The molecule has 1 aliphatic rings. The molecule has 2 aromatic heterocycles. The van der Waals surface area contributed by atoms with E-state index < -0.39 is 23.7 Å². The Kier molecular flexibility index (Phi) is 4.06. The van der Waals surface area contributed by atoms with E-state index in [0.29, 0.717) is 0 Å². The molecule has 5 nitrogen and oxygen atoms in total. The summed E-state index contributed by atoms with van der Waals surface area (Å²) in [6, 6.07) is 8.18. The van der Waals surface area contributed by atoms with Gasteiger partial charge in [-0.15, -0.1) is 0 Å². The first-order valence-electron chi connectivity index (χ1n) is 7.90. The molecule has 0 amide bonds. The lowest BCUT2D eigenvalue weighted by Crippen LogP contribution is -2.49. The number of hydrogen-bond acceptors (Lipinski definition) is 4. The van der Waals surface area contributed by atoms with E-state index in [2.05, 4.69) is 9.97 Å². The molecule has 3 heterocycles. The Morgan fingerprint density at radius 2 is 1.78 bits per heavy atom. The Morgan fingerprint density at radius 1 is 1.07 bits per heavy atom. The number of hydrogen-bond donors (Lipinski definition) is 0. The van der Waals surface area contributed by atoms with Crippen molar-refractivity contribution < 1.29 is 17.6 Å². The fourth-order valence-electron chi connectivity index (χ4n) is 2.93. The molecule has 140 valence electrons. The number of anilines is 1. The van der Waals surface area contributed by atoms with Crippen LogP contribution in [0, 0.1) is 0 Å². The van der Waals surface area contributed by atoms with Gasteiger partial charge in [0.2, 0.25) is 0 Å². The van der Waals surface area contributed by atoms with Crippen molar-refractivity contribution in [2.24, 2.45) is 0 Å². The quantitative estimate of drug-likeness (QED) is 0.619. The second-order valence-electron chi connectivity index (χ2n) is 6.07. The van der Waals surface area contributed by atoms with Crippen molar-refractivity contribution in [3.05, 3.63) is 57.6 Å². The number of alkyl halides is 4. The van der Waals surface area contributed by atoms with Crippen LogP contribution in [0.1, 0.15) is 5.69 Å². The molecule has 0 bridgehead atoms.